The highest BCUT2D eigenvalue weighted by Crippen LogP contribution is 2.39. The fourth-order valence-corrected chi connectivity index (χ4v) is 1.78. The fraction of sp³-hybridized carbons (Fsp3) is 0.364. The maximum absolute atomic E-state index is 13.7. The van der Waals surface area contributed by atoms with Crippen LogP contribution in [0.5, 0.6) is 5.75 Å². The lowest BCUT2D eigenvalue weighted by atomic mass is 9.99. The zero-order valence-corrected chi connectivity index (χ0v) is 9.38. The van der Waals surface area contributed by atoms with Gasteiger partial charge < -0.3 is 14.8 Å². The van der Waals surface area contributed by atoms with Crippen LogP contribution in [0.4, 0.5) is 18.0 Å². The summed E-state index contributed by atoms with van der Waals surface area (Å²) in [7, 11) is 1.17. The van der Waals surface area contributed by atoms with E-state index in [1.165, 1.54) is 19.2 Å². The third-order valence-electron chi connectivity index (χ3n) is 2.59. The number of carbonyl (C=O) groups is 1. The smallest absolute Gasteiger partial charge is 0.408 e. The largest absolute Gasteiger partial charge is 0.493 e. The first kappa shape index (κ1) is 12.5. The number of amides is 1. The van der Waals surface area contributed by atoms with Crippen LogP contribution in [0.15, 0.2) is 18.2 Å². The molecule has 1 heterocycles. The van der Waals surface area contributed by atoms with E-state index in [1.54, 1.807) is 0 Å². The van der Waals surface area contributed by atoms with Crippen LogP contribution in [-0.4, -0.2) is 25.7 Å². The van der Waals surface area contributed by atoms with Gasteiger partial charge in [-0.15, -0.1) is 0 Å². The molecule has 2 rings (SSSR count). The molecule has 0 saturated carbocycles. The van der Waals surface area contributed by atoms with E-state index in [-0.39, 0.29) is 11.3 Å². The van der Waals surface area contributed by atoms with Crippen LogP contribution in [0, 0.1) is 5.82 Å². The molecule has 1 saturated heterocycles. The molecule has 1 aromatic carbocycles. The number of benzene rings is 1. The quantitative estimate of drug-likeness (QED) is 0.888. The fourth-order valence-electron chi connectivity index (χ4n) is 1.78. The normalized spacial score (nSPS) is 22.0. The summed E-state index contributed by atoms with van der Waals surface area (Å²) in [5.74, 6) is -4.43. The van der Waals surface area contributed by atoms with Gasteiger partial charge in [0, 0.05) is 5.56 Å². The minimum Gasteiger partial charge on any atom is -0.493 e. The molecule has 0 aromatic heterocycles. The summed E-state index contributed by atoms with van der Waals surface area (Å²) in [6.45, 7) is -1.05. The maximum Gasteiger partial charge on any atom is 0.408 e. The van der Waals surface area contributed by atoms with E-state index in [2.05, 4.69) is 4.74 Å². The van der Waals surface area contributed by atoms with Crippen molar-refractivity contribution in [3.63, 3.8) is 0 Å². The third kappa shape index (κ3) is 2.07. The number of nitrogens with one attached hydrogen (secondary N) is 1. The summed E-state index contributed by atoms with van der Waals surface area (Å²) >= 11 is 0. The number of methoxy groups -OCH3 is 1. The molecule has 0 spiro atoms. The number of alkyl halides is 2. The van der Waals surface area contributed by atoms with Gasteiger partial charge in [-0.3, -0.25) is 0 Å². The van der Waals surface area contributed by atoms with Crippen molar-refractivity contribution >= 4 is 6.09 Å². The Balaban J connectivity index is 2.46. The van der Waals surface area contributed by atoms with Crippen molar-refractivity contribution in [1.82, 2.24) is 5.32 Å². The highest BCUT2D eigenvalue weighted by molar-refractivity contribution is 5.69. The molecule has 18 heavy (non-hydrogen) atoms. The molecule has 4 nitrogen and oxygen atoms in total. The van der Waals surface area contributed by atoms with E-state index in [0.717, 1.165) is 6.07 Å². The summed E-state index contributed by atoms with van der Waals surface area (Å²) in [6, 6.07) is 1.95. The lowest BCUT2D eigenvalue weighted by Crippen LogP contribution is -2.49. The number of rotatable bonds is 2. The summed E-state index contributed by atoms with van der Waals surface area (Å²) in [5, 5.41) is 1.97. The SMILES string of the molecule is COc1c(F)cccc1[C@@H]1NC(=O)OCC1(F)F. The lowest BCUT2D eigenvalue weighted by Gasteiger charge is -2.32. The Morgan fingerprint density at radius 3 is 2.89 bits per heavy atom. The first-order chi connectivity index (χ1) is 8.45. The van der Waals surface area contributed by atoms with E-state index < -0.39 is 30.5 Å². The molecule has 7 heteroatoms. The first-order valence-electron chi connectivity index (χ1n) is 5.09. The first-order valence-corrected chi connectivity index (χ1v) is 5.09. The van der Waals surface area contributed by atoms with Crippen molar-refractivity contribution in [2.24, 2.45) is 0 Å². The van der Waals surface area contributed by atoms with Gasteiger partial charge >= 0.3 is 12.0 Å². The third-order valence-corrected chi connectivity index (χ3v) is 2.59. The maximum atomic E-state index is 13.7. The van der Waals surface area contributed by atoms with Gasteiger partial charge in [0.2, 0.25) is 0 Å². The van der Waals surface area contributed by atoms with Crippen LogP contribution in [0.25, 0.3) is 0 Å². The predicted molar refractivity (Wildman–Crippen MR) is 55.1 cm³/mol. The van der Waals surface area contributed by atoms with Gasteiger partial charge in [-0.1, -0.05) is 12.1 Å². The van der Waals surface area contributed by atoms with E-state index in [0.29, 0.717) is 0 Å². The van der Waals surface area contributed by atoms with Crippen molar-refractivity contribution in [1.29, 1.82) is 0 Å². The summed E-state index contributed by atoms with van der Waals surface area (Å²) in [4.78, 5) is 11.0. The van der Waals surface area contributed by atoms with Crippen LogP contribution in [0.3, 0.4) is 0 Å². The van der Waals surface area contributed by atoms with Gasteiger partial charge in [0.25, 0.3) is 0 Å². The second kappa shape index (κ2) is 4.40. The molecular weight excluding hydrogens is 251 g/mol. The predicted octanol–water partition coefficient (Wildman–Crippen LogP) is 2.25. The molecule has 0 bridgehead atoms. The van der Waals surface area contributed by atoms with Crippen LogP contribution in [-0.2, 0) is 4.74 Å². The molecule has 98 valence electrons. The van der Waals surface area contributed by atoms with Crippen molar-refractivity contribution in [2.45, 2.75) is 12.0 Å². The van der Waals surface area contributed by atoms with E-state index in [9.17, 15) is 18.0 Å². The van der Waals surface area contributed by atoms with E-state index >= 15 is 0 Å². The summed E-state index contributed by atoms with van der Waals surface area (Å²) in [6.07, 6.45) is -0.975. The Bertz CT molecular complexity index is 479. The zero-order valence-electron chi connectivity index (χ0n) is 9.38. The summed E-state index contributed by atoms with van der Waals surface area (Å²) < 4.78 is 49.7. The standard InChI is InChI=1S/C11H10F3NO3/c1-17-8-6(3-2-4-7(8)12)9-11(13,14)5-18-10(16)15-9/h2-4,9H,5H2,1H3,(H,15,16)/t9-/m0/s1. The van der Waals surface area contributed by atoms with Crippen LogP contribution < -0.4 is 10.1 Å². The molecular formula is C11H10F3NO3. The Morgan fingerprint density at radius 2 is 2.22 bits per heavy atom. The van der Waals surface area contributed by atoms with Crippen molar-refractivity contribution in [3.8, 4) is 5.75 Å². The number of ether oxygens (including phenoxy) is 2. The number of para-hydroxylation sites is 1. The lowest BCUT2D eigenvalue weighted by molar-refractivity contribution is -0.104. The number of halogens is 3. The molecule has 1 N–H and O–H groups in total. The molecule has 0 aliphatic carbocycles. The molecule has 1 fully saturated rings. The monoisotopic (exact) mass is 261 g/mol. The van der Waals surface area contributed by atoms with Crippen LogP contribution in [0.2, 0.25) is 0 Å². The van der Waals surface area contributed by atoms with Gasteiger partial charge in [-0.25, -0.2) is 18.0 Å². The molecule has 1 atom stereocenters. The number of hydrogen-bond donors (Lipinski definition) is 1. The number of alkyl carbamates (subject to hydrolysis) is 1. The van der Waals surface area contributed by atoms with Gasteiger partial charge in [0.1, 0.15) is 6.04 Å². The van der Waals surface area contributed by atoms with Gasteiger partial charge in [0.15, 0.2) is 18.2 Å². The second-order valence-electron chi connectivity index (χ2n) is 3.78. The Hall–Kier alpha value is -1.92. The second-order valence-corrected chi connectivity index (χ2v) is 3.78. The molecule has 1 aromatic rings. The van der Waals surface area contributed by atoms with E-state index in [4.69, 9.17) is 4.74 Å². The number of cyclic esters (lactones) is 1. The topological polar surface area (TPSA) is 47.6 Å². The molecule has 0 radical (unpaired) electrons. The van der Waals surface area contributed by atoms with Gasteiger partial charge in [0.05, 0.1) is 7.11 Å². The minimum atomic E-state index is -3.34. The number of hydrogen-bond acceptors (Lipinski definition) is 3. The van der Waals surface area contributed by atoms with Gasteiger partial charge in [-0.2, -0.15) is 0 Å². The van der Waals surface area contributed by atoms with Crippen LogP contribution >= 0.6 is 0 Å². The van der Waals surface area contributed by atoms with Crippen molar-refractivity contribution in [3.05, 3.63) is 29.6 Å². The van der Waals surface area contributed by atoms with E-state index in [1.807, 2.05) is 5.32 Å². The van der Waals surface area contributed by atoms with Crippen molar-refractivity contribution < 1.29 is 27.4 Å². The Kier molecular flexibility index (Phi) is 3.06. The molecule has 1 aliphatic heterocycles. The highest BCUT2D eigenvalue weighted by Gasteiger charge is 2.48. The molecule has 1 amide bonds. The zero-order chi connectivity index (χ0) is 13.3. The van der Waals surface area contributed by atoms with Crippen molar-refractivity contribution in [2.75, 3.05) is 13.7 Å². The minimum absolute atomic E-state index is 0.126. The molecule has 0 unspecified atom stereocenters. The molecule has 1 aliphatic rings. The summed E-state index contributed by atoms with van der Waals surface area (Å²) in [5.41, 5.74) is -0.126. The van der Waals surface area contributed by atoms with Crippen LogP contribution in [0.1, 0.15) is 11.6 Å². The average molecular weight is 261 g/mol. The van der Waals surface area contributed by atoms with Gasteiger partial charge in [-0.05, 0) is 6.07 Å². The highest BCUT2D eigenvalue weighted by atomic mass is 19.3. The Labute approximate surface area is 101 Å². The average Bonchev–Trinajstić information content (AvgIpc) is 2.32. The number of carbonyl (C=O) groups excluding carboxylic acids is 1. The Morgan fingerprint density at radius 1 is 1.50 bits per heavy atom.